The van der Waals surface area contributed by atoms with Gasteiger partial charge in [-0.25, -0.2) is 9.59 Å². The summed E-state index contributed by atoms with van der Waals surface area (Å²) in [5.74, 6) is -1.10. The molecule has 0 saturated carbocycles. The molecule has 0 fully saturated rings. The van der Waals surface area contributed by atoms with Crippen LogP contribution in [-0.4, -0.2) is 32.6 Å². The zero-order valence-electron chi connectivity index (χ0n) is 10.6. The molecule has 0 aliphatic carbocycles. The number of ether oxygens (including phenoxy) is 1. The van der Waals surface area contributed by atoms with Gasteiger partial charge in [0.2, 0.25) is 0 Å². The smallest absolute Gasteiger partial charge is 0.435 e. The van der Waals surface area contributed by atoms with E-state index in [0.717, 1.165) is 4.68 Å². The van der Waals surface area contributed by atoms with Crippen LogP contribution in [0.15, 0.2) is 0 Å². The van der Waals surface area contributed by atoms with Gasteiger partial charge in [-0.05, 0) is 34.6 Å². The Kier molecular flexibility index (Phi) is 3.26. The van der Waals surface area contributed by atoms with Crippen LogP contribution < -0.4 is 0 Å². The highest BCUT2D eigenvalue weighted by molar-refractivity contribution is 5.91. The number of carboxylic acids is 1. The van der Waals surface area contributed by atoms with Crippen molar-refractivity contribution in [1.29, 1.82) is 0 Å². The molecule has 0 bridgehead atoms. The van der Waals surface area contributed by atoms with Gasteiger partial charge in [0.1, 0.15) is 11.2 Å². The molecule has 1 N–H and O–H groups in total. The highest BCUT2D eigenvalue weighted by Crippen LogP contribution is 2.15. The Hall–Kier alpha value is -1.85. The topological polar surface area (TPSA) is 81.4 Å². The average Bonchev–Trinajstić information content (AvgIpc) is 2.38. The lowest BCUT2D eigenvalue weighted by Gasteiger charge is -2.19. The van der Waals surface area contributed by atoms with Crippen LogP contribution in [0.5, 0.6) is 0 Å². The first-order chi connectivity index (χ1) is 7.63. The Morgan fingerprint density at radius 3 is 2.18 bits per heavy atom. The van der Waals surface area contributed by atoms with E-state index >= 15 is 0 Å². The number of aromatic nitrogens is 2. The standard InChI is InChI=1S/C11H16N2O4/c1-6-8(9(14)15)7(2)13(12-6)10(16)17-11(3,4)5/h1-5H3,(H,14,15). The Balaban J connectivity index is 3.13. The van der Waals surface area contributed by atoms with Crippen LogP contribution in [0.4, 0.5) is 4.79 Å². The van der Waals surface area contributed by atoms with Crippen LogP contribution in [0, 0.1) is 13.8 Å². The lowest BCUT2D eigenvalue weighted by molar-refractivity contribution is 0.0510. The molecule has 94 valence electrons. The van der Waals surface area contributed by atoms with Crippen LogP contribution in [0.25, 0.3) is 0 Å². The van der Waals surface area contributed by atoms with Gasteiger partial charge < -0.3 is 9.84 Å². The molecule has 1 aromatic rings. The minimum Gasteiger partial charge on any atom is -0.478 e. The zero-order valence-corrected chi connectivity index (χ0v) is 10.6. The minimum atomic E-state index is -1.10. The molecule has 0 atom stereocenters. The Labute approximate surface area is 99.2 Å². The first-order valence-electron chi connectivity index (χ1n) is 5.16. The third kappa shape index (κ3) is 2.83. The zero-order chi connectivity index (χ0) is 13.4. The normalized spacial score (nSPS) is 11.4. The lowest BCUT2D eigenvalue weighted by atomic mass is 10.2. The average molecular weight is 240 g/mol. The third-order valence-corrected chi connectivity index (χ3v) is 2.07. The number of carbonyl (C=O) groups is 2. The van der Waals surface area contributed by atoms with Gasteiger partial charge in [0, 0.05) is 0 Å². The molecule has 1 rings (SSSR count). The summed E-state index contributed by atoms with van der Waals surface area (Å²) in [7, 11) is 0. The molecule has 0 aromatic carbocycles. The highest BCUT2D eigenvalue weighted by atomic mass is 16.6. The van der Waals surface area contributed by atoms with E-state index in [1.54, 1.807) is 20.8 Å². The maximum absolute atomic E-state index is 11.8. The summed E-state index contributed by atoms with van der Waals surface area (Å²) in [5.41, 5.74) is -0.0479. The van der Waals surface area contributed by atoms with Crippen LogP contribution in [0.3, 0.4) is 0 Å². The fourth-order valence-corrected chi connectivity index (χ4v) is 1.44. The summed E-state index contributed by atoms with van der Waals surface area (Å²) < 4.78 is 6.10. The summed E-state index contributed by atoms with van der Waals surface area (Å²) in [6.45, 7) is 8.25. The summed E-state index contributed by atoms with van der Waals surface area (Å²) in [5, 5.41) is 12.8. The molecule has 6 heteroatoms. The first-order valence-corrected chi connectivity index (χ1v) is 5.16. The molecule has 1 heterocycles. The van der Waals surface area contributed by atoms with E-state index in [4.69, 9.17) is 9.84 Å². The van der Waals surface area contributed by atoms with E-state index in [1.165, 1.54) is 13.8 Å². The molecule has 0 saturated heterocycles. The van der Waals surface area contributed by atoms with Crippen molar-refractivity contribution in [2.75, 3.05) is 0 Å². The first kappa shape index (κ1) is 13.2. The van der Waals surface area contributed by atoms with Gasteiger partial charge in [-0.3, -0.25) is 0 Å². The van der Waals surface area contributed by atoms with Crippen molar-refractivity contribution in [1.82, 2.24) is 9.78 Å². The number of aryl methyl sites for hydroxylation is 1. The molecule has 6 nitrogen and oxygen atoms in total. The fourth-order valence-electron chi connectivity index (χ4n) is 1.44. The van der Waals surface area contributed by atoms with Crippen molar-refractivity contribution < 1.29 is 19.4 Å². The van der Waals surface area contributed by atoms with Gasteiger partial charge in [-0.2, -0.15) is 9.78 Å². The maximum Gasteiger partial charge on any atom is 0.435 e. The minimum absolute atomic E-state index is 0.0378. The monoisotopic (exact) mass is 240 g/mol. The molecular formula is C11H16N2O4. The van der Waals surface area contributed by atoms with E-state index in [1.807, 2.05) is 0 Å². The number of nitrogens with zero attached hydrogens (tertiary/aromatic N) is 2. The van der Waals surface area contributed by atoms with E-state index in [0.29, 0.717) is 5.69 Å². The van der Waals surface area contributed by atoms with Crippen LogP contribution in [0.2, 0.25) is 0 Å². The number of rotatable bonds is 1. The molecule has 0 unspecified atom stereocenters. The molecule has 17 heavy (non-hydrogen) atoms. The second-order valence-electron chi connectivity index (χ2n) is 4.74. The van der Waals surface area contributed by atoms with E-state index < -0.39 is 17.7 Å². The molecule has 1 aromatic heterocycles. The number of hydrogen-bond acceptors (Lipinski definition) is 4. The highest BCUT2D eigenvalue weighted by Gasteiger charge is 2.24. The van der Waals surface area contributed by atoms with E-state index in [-0.39, 0.29) is 11.3 Å². The Morgan fingerprint density at radius 2 is 1.82 bits per heavy atom. The van der Waals surface area contributed by atoms with Crippen molar-refractivity contribution in [2.45, 2.75) is 40.2 Å². The van der Waals surface area contributed by atoms with Crippen molar-refractivity contribution in [3.05, 3.63) is 17.0 Å². The molecular weight excluding hydrogens is 224 g/mol. The van der Waals surface area contributed by atoms with Gasteiger partial charge in [-0.15, -0.1) is 0 Å². The molecule has 0 radical (unpaired) electrons. The summed E-state index contributed by atoms with van der Waals surface area (Å²) in [6, 6.07) is 0. The number of hydrogen-bond donors (Lipinski definition) is 1. The second kappa shape index (κ2) is 4.20. The van der Waals surface area contributed by atoms with Gasteiger partial charge in [0.05, 0.1) is 11.4 Å². The van der Waals surface area contributed by atoms with E-state index in [9.17, 15) is 9.59 Å². The third-order valence-electron chi connectivity index (χ3n) is 2.07. The molecule has 0 amide bonds. The molecule has 0 aliphatic rings. The summed E-state index contributed by atoms with van der Waals surface area (Å²) in [6.07, 6.45) is -0.675. The van der Waals surface area contributed by atoms with Crippen molar-refractivity contribution >= 4 is 12.1 Å². The van der Waals surface area contributed by atoms with Gasteiger partial charge in [-0.1, -0.05) is 0 Å². The van der Waals surface area contributed by atoms with Crippen LogP contribution >= 0.6 is 0 Å². The Morgan fingerprint density at radius 1 is 1.29 bits per heavy atom. The van der Waals surface area contributed by atoms with Crippen LogP contribution in [0.1, 0.15) is 42.5 Å². The Bertz CT molecular complexity index is 469. The van der Waals surface area contributed by atoms with E-state index in [2.05, 4.69) is 5.10 Å². The largest absolute Gasteiger partial charge is 0.478 e. The van der Waals surface area contributed by atoms with Crippen molar-refractivity contribution in [3.63, 3.8) is 0 Å². The predicted molar refractivity (Wildman–Crippen MR) is 60.3 cm³/mol. The van der Waals surface area contributed by atoms with Crippen molar-refractivity contribution in [2.24, 2.45) is 0 Å². The second-order valence-corrected chi connectivity index (χ2v) is 4.74. The molecule has 0 aliphatic heterocycles. The lowest BCUT2D eigenvalue weighted by Crippen LogP contribution is -2.28. The molecule has 0 spiro atoms. The number of aromatic carboxylic acids is 1. The quantitative estimate of drug-likeness (QED) is 0.811. The summed E-state index contributed by atoms with van der Waals surface area (Å²) in [4.78, 5) is 22.7. The maximum atomic E-state index is 11.8. The van der Waals surface area contributed by atoms with Gasteiger partial charge in [0.25, 0.3) is 0 Å². The number of carboxylic acid groups (broad SMARTS) is 1. The van der Waals surface area contributed by atoms with Gasteiger partial charge in [0.15, 0.2) is 0 Å². The summed E-state index contributed by atoms with van der Waals surface area (Å²) >= 11 is 0. The van der Waals surface area contributed by atoms with Crippen molar-refractivity contribution in [3.8, 4) is 0 Å². The fraction of sp³-hybridized carbons (Fsp3) is 0.545. The van der Waals surface area contributed by atoms with Gasteiger partial charge >= 0.3 is 12.1 Å². The van der Waals surface area contributed by atoms with Crippen LogP contribution in [-0.2, 0) is 4.74 Å². The SMILES string of the molecule is Cc1nn(C(=O)OC(C)(C)C)c(C)c1C(=O)O. The predicted octanol–water partition coefficient (Wildman–Crippen LogP) is 1.98. The number of carbonyl (C=O) groups excluding carboxylic acids is 1.